The summed E-state index contributed by atoms with van der Waals surface area (Å²) >= 11 is 0. The van der Waals surface area contributed by atoms with Crippen molar-refractivity contribution in [2.24, 2.45) is 7.05 Å². The van der Waals surface area contributed by atoms with Gasteiger partial charge in [0, 0.05) is 26.3 Å². The summed E-state index contributed by atoms with van der Waals surface area (Å²) in [5.74, 6) is 1.25. The van der Waals surface area contributed by atoms with Crippen LogP contribution in [0.4, 0.5) is 11.6 Å². The predicted octanol–water partition coefficient (Wildman–Crippen LogP) is 3.55. The zero-order valence-corrected chi connectivity index (χ0v) is 18.5. The normalized spacial score (nSPS) is 15.2. The molecule has 3 heterocycles. The molecule has 164 valence electrons. The van der Waals surface area contributed by atoms with Crippen molar-refractivity contribution in [2.75, 3.05) is 22.7 Å². The zero-order chi connectivity index (χ0) is 22.1. The number of rotatable bonds is 5. The minimum absolute atomic E-state index is 0.191. The maximum atomic E-state index is 13.0. The highest BCUT2D eigenvalue weighted by Gasteiger charge is 2.26. The van der Waals surface area contributed by atoms with Crippen molar-refractivity contribution in [2.45, 2.75) is 23.7 Å². The molecule has 1 fully saturated rings. The highest BCUT2D eigenvalue weighted by Crippen LogP contribution is 2.33. The van der Waals surface area contributed by atoms with E-state index in [0.717, 1.165) is 31.4 Å². The molecule has 32 heavy (non-hydrogen) atoms. The Morgan fingerprint density at radius 1 is 0.938 bits per heavy atom. The van der Waals surface area contributed by atoms with Crippen molar-refractivity contribution < 1.29 is 8.42 Å². The number of benzene rings is 2. The third kappa shape index (κ3) is 4.03. The van der Waals surface area contributed by atoms with Crippen LogP contribution in [0.5, 0.6) is 0 Å². The van der Waals surface area contributed by atoms with Gasteiger partial charge in [0.15, 0.2) is 11.6 Å². The number of hydrogen-bond acceptors (Lipinski definition) is 6. The molecule has 1 saturated heterocycles. The van der Waals surface area contributed by atoms with Crippen LogP contribution in [0.2, 0.25) is 0 Å². The number of hydrogen-bond donors (Lipinski definition) is 1. The predicted molar refractivity (Wildman–Crippen MR) is 124 cm³/mol. The molecule has 0 unspecified atom stereocenters. The topological polar surface area (TPSA) is 93.0 Å². The van der Waals surface area contributed by atoms with Gasteiger partial charge in [0.05, 0.1) is 22.1 Å². The van der Waals surface area contributed by atoms with E-state index in [2.05, 4.69) is 25.9 Å². The largest absolute Gasteiger partial charge is 0.353 e. The van der Waals surface area contributed by atoms with Crippen molar-refractivity contribution >= 4 is 32.7 Å². The smallest absolute Gasteiger partial charge is 0.263 e. The molecule has 4 aromatic rings. The van der Waals surface area contributed by atoms with Gasteiger partial charge < -0.3 is 4.90 Å². The first-order valence-corrected chi connectivity index (χ1v) is 12.1. The highest BCUT2D eigenvalue weighted by molar-refractivity contribution is 7.92. The van der Waals surface area contributed by atoms with Crippen molar-refractivity contribution in [3.63, 3.8) is 0 Å². The number of nitrogens with zero attached hydrogens (tertiary/aromatic N) is 5. The number of sulfonamides is 1. The Bertz CT molecular complexity index is 1350. The van der Waals surface area contributed by atoms with E-state index in [9.17, 15) is 8.42 Å². The van der Waals surface area contributed by atoms with Crippen LogP contribution in [-0.4, -0.2) is 41.3 Å². The number of para-hydroxylation sites is 2. The molecular formula is C23H24N6O2S. The van der Waals surface area contributed by atoms with Crippen molar-refractivity contribution in [3.05, 3.63) is 72.6 Å². The zero-order valence-electron chi connectivity index (χ0n) is 17.7. The standard InChI is InChI=1S/C23H24N6O2S/c1-28-16-18(15-24-28)17-11-13-29(14-12-17)23-22(25-20-9-5-6-10-21(20)26-23)27-32(30,31)19-7-3-2-4-8-19/h2-10,15-17H,11-14H2,1H3,(H,25,27). The molecule has 1 aliphatic heterocycles. The molecule has 8 nitrogen and oxygen atoms in total. The van der Waals surface area contributed by atoms with Gasteiger partial charge in [-0.3, -0.25) is 9.40 Å². The van der Waals surface area contributed by atoms with E-state index in [-0.39, 0.29) is 10.7 Å². The third-order valence-corrected chi connectivity index (χ3v) is 7.18. The van der Waals surface area contributed by atoms with Gasteiger partial charge in [0.25, 0.3) is 10.0 Å². The molecule has 1 N–H and O–H groups in total. The number of fused-ring (bicyclic) bond motifs is 1. The van der Waals surface area contributed by atoms with Crippen LogP contribution in [-0.2, 0) is 17.1 Å². The molecule has 0 bridgehead atoms. The van der Waals surface area contributed by atoms with Gasteiger partial charge in [-0.05, 0) is 48.6 Å². The molecule has 0 spiro atoms. The van der Waals surface area contributed by atoms with E-state index in [4.69, 9.17) is 4.98 Å². The lowest BCUT2D eigenvalue weighted by Crippen LogP contribution is -2.34. The highest BCUT2D eigenvalue weighted by atomic mass is 32.2. The second-order valence-electron chi connectivity index (χ2n) is 8.01. The molecule has 5 rings (SSSR count). The molecule has 0 radical (unpaired) electrons. The van der Waals surface area contributed by atoms with Crippen molar-refractivity contribution in [3.8, 4) is 0 Å². The Balaban J connectivity index is 1.47. The van der Waals surface area contributed by atoms with Crippen molar-refractivity contribution in [1.29, 1.82) is 0 Å². The van der Waals surface area contributed by atoms with Gasteiger partial charge in [-0.2, -0.15) is 5.10 Å². The van der Waals surface area contributed by atoms with Crippen LogP contribution in [0, 0.1) is 0 Å². The number of nitrogens with one attached hydrogen (secondary N) is 1. The fourth-order valence-corrected chi connectivity index (χ4v) is 5.17. The number of piperidine rings is 1. The second-order valence-corrected chi connectivity index (χ2v) is 9.69. The van der Waals surface area contributed by atoms with Crippen LogP contribution in [0.1, 0.15) is 24.3 Å². The van der Waals surface area contributed by atoms with Gasteiger partial charge in [-0.15, -0.1) is 0 Å². The summed E-state index contributed by atoms with van der Waals surface area (Å²) in [5, 5.41) is 4.29. The molecule has 9 heteroatoms. The molecule has 0 amide bonds. The first-order valence-electron chi connectivity index (χ1n) is 10.6. The van der Waals surface area contributed by atoms with Crippen LogP contribution < -0.4 is 9.62 Å². The third-order valence-electron chi connectivity index (χ3n) is 5.83. The van der Waals surface area contributed by atoms with Crippen molar-refractivity contribution in [1.82, 2.24) is 19.7 Å². The van der Waals surface area contributed by atoms with Gasteiger partial charge in [0.1, 0.15) is 0 Å². The van der Waals surface area contributed by atoms with Crippen LogP contribution in [0.25, 0.3) is 11.0 Å². The SMILES string of the molecule is Cn1cc(C2CCN(c3nc4ccccc4nc3NS(=O)(=O)c3ccccc3)CC2)cn1. The maximum absolute atomic E-state index is 13.0. The second kappa shape index (κ2) is 8.23. The average Bonchev–Trinajstić information content (AvgIpc) is 3.25. The molecular weight excluding hydrogens is 424 g/mol. The lowest BCUT2D eigenvalue weighted by molar-refractivity contribution is 0.503. The van der Waals surface area contributed by atoms with Crippen LogP contribution in [0.3, 0.4) is 0 Å². The Labute approximate surface area is 187 Å². The Morgan fingerprint density at radius 3 is 2.25 bits per heavy atom. The number of anilines is 2. The summed E-state index contributed by atoms with van der Waals surface area (Å²) in [6.07, 6.45) is 5.86. The summed E-state index contributed by atoms with van der Waals surface area (Å²) in [6, 6.07) is 15.8. The number of aromatic nitrogens is 4. The summed E-state index contributed by atoms with van der Waals surface area (Å²) in [6.45, 7) is 1.51. The molecule has 1 aliphatic rings. The first kappa shape index (κ1) is 20.4. The first-order chi connectivity index (χ1) is 15.5. The van der Waals surface area contributed by atoms with E-state index < -0.39 is 10.0 Å². The van der Waals surface area contributed by atoms with Gasteiger partial charge in [-0.1, -0.05) is 30.3 Å². The lowest BCUT2D eigenvalue weighted by atomic mass is 9.91. The summed E-state index contributed by atoms with van der Waals surface area (Å²) < 4.78 is 30.5. The Kier molecular flexibility index (Phi) is 5.26. The minimum Gasteiger partial charge on any atom is -0.353 e. The fraction of sp³-hybridized carbons (Fsp3) is 0.261. The fourth-order valence-electron chi connectivity index (χ4n) is 4.14. The van der Waals surface area contributed by atoms with E-state index in [1.807, 2.05) is 42.2 Å². The summed E-state index contributed by atoms with van der Waals surface area (Å²) in [4.78, 5) is 11.7. The van der Waals surface area contributed by atoms with Crippen LogP contribution in [0.15, 0.2) is 71.9 Å². The maximum Gasteiger partial charge on any atom is 0.263 e. The van der Waals surface area contributed by atoms with E-state index in [1.54, 1.807) is 30.3 Å². The molecule has 0 saturated carbocycles. The van der Waals surface area contributed by atoms with E-state index in [0.29, 0.717) is 17.3 Å². The quantitative estimate of drug-likeness (QED) is 0.502. The molecule has 2 aromatic heterocycles. The minimum atomic E-state index is -3.78. The Hall–Kier alpha value is -3.46. The average molecular weight is 449 g/mol. The van der Waals surface area contributed by atoms with Crippen LogP contribution >= 0.6 is 0 Å². The van der Waals surface area contributed by atoms with Gasteiger partial charge in [-0.25, -0.2) is 18.4 Å². The molecule has 2 aromatic carbocycles. The van der Waals surface area contributed by atoms with Gasteiger partial charge in [0.2, 0.25) is 0 Å². The summed E-state index contributed by atoms with van der Waals surface area (Å²) in [5.41, 5.74) is 2.62. The summed E-state index contributed by atoms with van der Waals surface area (Å²) in [7, 11) is -1.86. The molecule has 0 atom stereocenters. The molecule has 0 aliphatic carbocycles. The lowest BCUT2D eigenvalue weighted by Gasteiger charge is -2.33. The Morgan fingerprint density at radius 2 is 1.59 bits per heavy atom. The number of aryl methyl sites for hydroxylation is 1. The van der Waals surface area contributed by atoms with E-state index in [1.165, 1.54) is 5.56 Å². The van der Waals surface area contributed by atoms with E-state index >= 15 is 0 Å². The van der Waals surface area contributed by atoms with Gasteiger partial charge >= 0.3 is 0 Å². The monoisotopic (exact) mass is 448 g/mol.